The van der Waals surface area contributed by atoms with Crippen molar-refractivity contribution in [1.29, 1.82) is 0 Å². The van der Waals surface area contributed by atoms with Crippen molar-refractivity contribution in [2.24, 2.45) is 0 Å². The number of para-hydroxylation sites is 3. The number of rotatable bonds is 5. The van der Waals surface area contributed by atoms with Gasteiger partial charge in [-0.2, -0.15) is 0 Å². The Hall–Kier alpha value is -4.79. The lowest BCUT2D eigenvalue weighted by atomic mass is 10.0. The van der Waals surface area contributed by atoms with Crippen LogP contribution in [0.15, 0.2) is 85.2 Å². The molecule has 0 radical (unpaired) electrons. The third-order valence-electron chi connectivity index (χ3n) is 7.05. The molecule has 0 spiro atoms. The van der Waals surface area contributed by atoms with Gasteiger partial charge in [-0.05, 0) is 79.9 Å². The van der Waals surface area contributed by atoms with E-state index in [2.05, 4.69) is 20.5 Å². The number of benzene rings is 3. The topological polar surface area (TPSA) is 77.6 Å². The Bertz CT molecular complexity index is 1530. The molecule has 1 atom stereocenters. The summed E-state index contributed by atoms with van der Waals surface area (Å²) in [6, 6.07) is 19.6. The molecule has 1 aromatic heterocycles. The fourth-order valence-corrected chi connectivity index (χ4v) is 4.91. The fraction of sp³-hybridized carbons (Fsp3) is 0.194. The summed E-state index contributed by atoms with van der Waals surface area (Å²) in [4.78, 5) is 34.5. The maximum atomic E-state index is 13.9. The molecule has 0 bridgehead atoms. The molecule has 1 unspecified atom stereocenters. The average Bonchev–Trinajstić information content (AvgIpc) is 3.10. The van der Waals surface area contributed by atoms with Crippen LogP contribution in [0.5, 0.6) is 0 Å². The molecule has 3 amide bonds. The highest BCUT2D eigenvalue weighted by Gasteiger charge is 2.31. The van der Waals surface area contributed by atoms with E-state index in [4.69, 9.17) is 0 Å². The first kappa shape index (κ1) is 26.8. The average molecular weight is 542 g/mol. The molecule has 0 fully saturated rings. The molecule has 40 heavy (non-hydrogen) atoms. The van der Waals surface area contributed by atoms with E-state index in [0.717, 1.165) is 53.3 Å². The molecule has 1 aliphatic heterocycles. The van der Waals surface area contributed by atoms with Crippen LogP contribution in [-0.4, -0.2) is 29.5 Å². The summed E-state index contributed by atoms with van der Waals surface area (Å²) in [6.45, 7) is 4.75. The molecule has 7 nitrogen and oxygen atoms in total. The molecule has 4 aromatic rings. The van der Waals surface area contributed by atoms with E-state index >= 15 is 0 Å². The normalized spacial score (nSPS) is 14.8. The lowest BCUT2D eigenvalue weighted by Gasteiger charge is -2.29. The van der Waals surface area contributed by atoms with Crippen molar-refractivity contribution >= 4 is 34.7 Å². The van der Waals surface area contributed by atoms with E-state index in [1.807, 2.05) is 61.3 Å². The molecular formula is C31H29F2N5O2. The number of amides is 3. The molecule has 0 saturated carbocycles. The minimum absolute atomic E-state index is 0.0561. The molecule has 1 aliphatic rings. The van der Waals surface area contributed by atoms with Crippen LogP contribution in [0.1, 0.15) is 34.8 Å². The first-order chi connectivity index (χ1) is 19.3. The van der Waals surface area contributed by atoms with Crippen molar-refractivity contribution in [2.45, 2.75) is 32.9 Å². The van der Waals surface area contributed by atoms with Crippen LogP contribution in [0.3, 0.4) is 0 Å². The van der Waals surface area contributed by atoms with Gasteiger partial charge in [0.1, 0.15) is 17.3 Å². The summed E-state index contributed by atoms with van der Waals surface area (Å²) in [5.74, 6) is -1.84. The second-order valence-electron chi connectivity index (χ2n) is 9.71. The zero-order valence-corrected chi connectivity index (χ0v) is 22.2. The first-order valence-corrected chi connectivity index (χ1v) is 13.0. The van der Waals surface area contributed by atoms with Gasteiger partial charge in [-0.15, -0.1) is 0 Å². The Morgan fingerprint density at radius 1 is 0.975 bits per heavy atom. The summed E-state index contributed by atoms with van der Waals surface area (Å²) in [5, 5.41) is 4.82. The number of anilines is 4. The first-order valence-electron chi connectivity index (χ1n) is 13.0. The number of hydrogen-bond acceptors (Lipinski definition) is 4. The summed E-state index contributed by atoms with van der Waals surface area (Å²) >= 11 is 0. The molecule has 204 valence electrons. The van der Waals surface area contributed by atoms with Crippen molar-refractivity contribution in [2.75, 3.05) is 21.7 Å². The summed E-state index contributed by atoms with van der Waals surface area (Å²) in [5.41, 5.74) is 4.31. The number of carbonyl (C=O) groups is 2. The minimum atomic E-state index is -0.859. The quantitative estimate of drug-likeness (QED) is 0.300. The number of pyridine rings is 1. The number of nitrogens with one attached hydrogen (secondary N) is 2. The highest BCUT2D eigenvalue weighted by Crippen LogP contribution is 2.39. The highest BCUT2D eigenvalue weighted by atomic mass is 19.1. The van der Waals surface area contributed by atoms with Crippen molar-refractivity contribution in [3.8, 4) is 0 Å². The zero-order chi connectivity index (χ0) is 28.2. The largest absolute Gasteiger partial charge is 0.338 e. The Kier molecular flexibility index (Phi) is 7.72. The molecule has 0 aliphatic carbocycles. The number of fused-ring (bicyclic) bond motifs is 1. The van der Waals surface area contributed by atoms with Gasteiger partial charge < -0.3 is 20.4 Å². The third-order valence-corrected chi connectivity index (χ3v) is 7.05. The van der Waals surface area contributed by atoms with Crippen LogP contribution < -0.4 is 20.4 Å². The summed E-state index contributed by atoms with van der Waals surface area (Å²) < 4.78 is 27.7. The molecular weight excluding hydrogens is 512 g/mol. The molecule has 9 heteroatoms. The molecule has 5 rings (SSSR count). The predicted octanol–water partition coefficient (Wildman–Crippen LogP) is 6.57. The Labute approximate surface area is 231 Å². The summed E-state index contributed by atoms with van der Waals surface area (Å²) in [6.07, 6.45) is 4.32. The SMILES string of the molecule is Cc1cc(C(=O)N2c3ccccc3N(c3cccnc3)CCC2C)ccc1CNC(=O)Nc1c(F)cccc1F. The van der Waals surface area contributed by atoms with Gasteiger partial charge in [0.15, 0.2) is 0 Å². The number of aryl methyl sites for hydroxylation is 1. The second kappa shape index (κ2) is 11.5. The van der Waals surface area contributed by atoms with Gasteiger partial charge in [0.25, 0.3) is 5.91 Å². The number of aromatic nitrogens is 1. The fourth-order valence-electron chi connectivity index (χ4n) is 4.91. The monoisotopic (exact) mass is 541 g/mol. The van der Waals surface area contributed by atoms with E-state index in [0.29, 0.717) is 5.56 Å². The number of carbonyl (C=O) groups excluding carboxylic acids is 2. The molecule has 2 N–H and O–H groups in total. The van der Waals surface area contributed by atoms with Crippen LogP contribution in [-0.2, 0) is 6.54 Å². The Balaban J connectivity index is 1.34. The van der Waals surface area contributed by atoms with Gasteiger partial charge in [-0.1, -0.05) is 24.3 Å². The van der Waals surface area contributed by atoms with E-state index < -0.39 is 23.4 Å². The van der Waals surface area contributed by atoms with E-state index in [1.54, 1.807) is 24.4 Å². The standard InChI is InChI=1S/C31H29F2N5O2/c1-20-17-22(12-13-23(20)18-35-31(40)36-29-25(32)8-5-9-26(29)33)30(39)38-21(2)14-16-37(24-7-6-15-34-19-24)27-10-3-4-11-28(27)38/h3-13,15,17,19,21H,14,16,18H2,1-2H3,(H2,35,36,40). The van der Waals surface area contributed by atoms with Gasteiger partial charge >= 0.3 is 6.03 Å². The van der Waals surface area contributed by atoms with Crippen LogP contribution in [0.4, 0.5) is 36.3 Å². The van der Waals surface area contributed by atoms with Gasteiger partial charge in [0.05, 0.1) is 23.3 Å². The van der Waals surface area contributed by atoms with E-state index in [-0.39, 0.29) is 18.5 Å². The molecule has 0 saturated heterocycles. The lowest BCUT2D eigenvalue weighted by Crippen LogP contribution is -2.38. The third kappa shape index (κ3) is 5.49. The Morgan fingerprint density at radius 3 is 2.42 bits per heavy atom. The van der Waals surface area contributed by atoms with Crippen molar-refractivity contribution in [3.63, 3.8) is 0 Å². The predicted molar refractivity (Wildman–Crippen MR) is 152 cm³/mol. The molecule has 3 aromatic carbocycles. The Morgan fingerprint density at radius 2 is 1.73 bits per heavy atom. The van der Waals surface area contributed by atoms with Gasteiger partial charge in [-0.3, -0.25) is 9.78 Å². The van der Waals surface area contributed by atoms with E-state index in [1.165, 1.54) is 6.07 Å². The lowest BCUT2D eigenvalue weighted by molar-refractivity contribution is 0.0978. The smallest absolute Gasteiger partial charge is 0.319 e. The van der Waals surface area contributed by atoms with Gasteiger partial charge in [0.2, 0.25) is 0 Å². The maximum Gasteiger partial charge on any atom is 0.319 e. The van der Waals surface area contributed by atoms with Gasteiger partial charge in [0, 0.05) is 30.9 Å². The van der Waals surface area contributed by atoms with Crippen molar-refractivity contribution < 1.29 is 18.4 Å². The van der Waals surface area contributed by atoms with Crippen molar-refractivity contribution in [3.05, 3.63) is 114 Å². The van der Waals surface area contributed by atoms with Crippen LogP contribution >= 0.6 is 0 Å². The second-order valence-corrected chi connectivity index (χ2v) is 9.71. The zero-order valence-electron chi connectivity index (χ0n) is 22.2. The number of nitrogens with zero attached hydrogens (tertiary/aromatic N) is 3. The number of halogens is 2. The van der Waals surface area contributed by atoms with Crippen LogP contribution in [0, 0.1) is 18.6 Å². The van der Waals surface area contributed by atoms with Gasteiger partial charge in [-0.25, -0.2) is 13.6 Å². The van der Waals surface area contributed by atoms with Crippen LogP contribution in [0.25, 0.3) is 0 Å². The highest BCUT2D eigenvalue weighted by molar-refractivity contribution is 6.08. The maximum absolute atomic E-state index is 13.9. The number of urea groups is 1. The summed E-state index contributed by atoms with van der Waals surface area (Å²) in [7, 11) is 0. The molecule has 2 heterocycles. The van der Waals surface area contributed by atoms with Crippen LogP contribution in [0.2, 0.25) is 0 Å². The van der Waals surface area contributed by atoms with E-state index in [9.17, 15) is 18.4 Å². The number of hydrogen-bond donors (Lipinski definition) is 2. The van der Waals surface area contributed by atoms with Crippen molar-refractivity contribution in [1.82, 2.24) is 10.3 Å². The minimum Gasteiger partial charge on any atom is -0.338 e.